The zero-order chi connectivity index (χ0) is 81.8. The number of carboxylic acid groups (broad SMARTS) is 2. The predicted molar refractivity (Wildman–Crippen MR) is 382 cm³/mol. The summed E-state index contributed by atoms with van der Waals surface area (Å²) in [7, 11) is 0. The number of carboxylic acids is 2. The summed E-state index contributed by atoms with van der Waals surface area (Å²) >= 11 is 4.29. The van der Waals surface area contributed by atoms with Crippen LogP contribution in [0, 0.1) is 0 Å². The van der Waals surface area contributed by atoms with E-state index in [2.05, 4.69) is 81.4 Å². The minimum Gasteiger partial charge on any atom is -0.508 e. The van der Waals surface area contributed by atoms with Crippen molar-refractivity contribution in [3.8, 4) is 5.75 Å². The summed E-state index contributed by atoms with van der Waals surface area (Å²) in [5, 5.41) is 77.3. The van der Waals surface area contributed by atoms with E-state index in [0.29, 0.717) is 22.0 Å². The number of para-hydroxylation sites is 1. The maximum atomic E-state index is 14.7. The summed E-state index contributed by atoms with van der Waals surface area (Å²) in [6.45, 7) is -0.782. The lowest BCUT2D eigenvalue weighted by Gasteiger charge is -2.29. The Balaban J connectivity index is 1.35. The Labute approximate surface area is 631 Å². The van der Waals surface area contributed by atoms with Crippen LogP contribution in [0.5, 0.6) is 5.75 Å². The molecule has 2 aliphatic rings. The molecular weight excluding hydrogens is 1470 g/mol. The highest BCUT2D eigenvalue weighted by Gasteiger charge is 2.42. The number of aliphatic hydroxyl groups is 2. The van der Waals surface area contributed by atoms with Crippen molar-refractivity contribution in [2.75, 3.05) is 45.1 Å². The molecule has 2 aliphatic heterocycles. The molecule has 17 amide bonds. The van der Waals surface area contributed by atoms with Gasteiger partial charge < -0.3 is 127 Å². The number of thiol groups is 1. The zero-order valence-corrected chi connectivity index (χ0v) is 60.5. The van der Waals surface area contributed by atoms with Crippen molar-refractivity contribution in [3.63, 3.8) is 0 Å². The van der Waals surface area contributed by atoms with Gasteiger partial charge in [0, 0.05) is 55.2 Å². The maximum Gasteiger partial charge on any atom is 0.322 e. The Kier molecular flexibility index (Phi) is 34.2. The standard InChI is InChI=1S/C66H91N19O24S/c1-30(55(98)77-40(21-47(68)89)61(104)81-42(23-49(70)91)66(109)85-18-6-9-45(85)63(106)73-27-53(96)97)74-57(100)37(15-16-52(94)95)76-60(103)41(22-48(69)90)79-59(102)39(20-33-25-71-36-8-4-3-7-35(33)36)78-62(105)44(29-110)82-58(101)38(19-32-11-13-34(88)14-12-32)80-65(108)54(31(2)87)83-64(107)46-10-5-17-84(46)51(93)26-72-56(99)43(28-86)75-50(92)24-67/h3-4,7-8,11-14,25,30-31,37-46,54,71,86-88,110H,5-6,9-10,15-24,26-29,67H2,1-2H3,(H2,68,89)(H2,69,90)(H2,70,91)(H,72,99)(H,73,106)(H,74,100)(H,75,92)(H,76,103)(H,77,98)(H,78,105)(H,79,102)(H,80,108)(H,81,104)(H,82,101)(H,83,107)(H,94,95)(H,96,97)/t30-,31+,37-,38-,39-,40-,41-,42-,43-,44-,45-,46-,54-/m0/s1. The van der Waals surface area contributed by atoms with Gasteiger partial charge in [0.2, 0.25) is 100 Å². The van der Waals surface area contributed by atoms with Gasteiger partial charge in [0.15, 0.2) is 0 Å². The first-order chi connectivity index (χ1) is 51.9. The van der Waals surface area contributed by atoms with E-state index in [1.165, 1.54) is 30.5 Å². The first-order valence-corrected chi connectivity index (χ1v) is 35.0. The van der Waals surface area contributed by atoms with Crippen molar-refractivity contribution in [3.05, 3.63) is 65.9 Å². The molecule has 13 atom stereocenters. The Morgan fingerprint density at radius 1 is 0.536 bits per heavy atom. The molecule has 0 saturated carbocycles. The number of fused-ring (bicyclic) bond motifs is 1. The number of nitrogens with one attached hydrogen (secondary N) is 13. The Morgan fingerprint density at radius 3 is 1.60 bits per heavy atom. The lowest BCUT2D eigenvalue weighted by molar-refractivity contribution is -0.144. The monoisotopic (exact) mass is 1570 g/mol. The number of aliphatic carboxylic acids is 2. The molecule has 0 radical (unpaired) electrons. The number of carbonyl (C=O) groups excluding carboxylic acids is 17. The fourth-order valence-electron chi connectivity index (χ4n) is 11.7. The first kappa shape index (κ1) is 88.6. The van der Waals surface area contributed by atoms with Crippen molar-refractivity contribution in [1.29, 1.82) is 0 Å². The summed E-state index contributed by atoms with van der Waals surface area (Å²) in [6, 6.07) is -8.66. The van der Waals surface area contributed by atoms with E-state index >= 15 is 0 Å². The summed E-state index contributed by atoms with van der Waals surface area (Å²) < 4.78 is 0. The number of benzene rings is 2. The fraction of sp³-hybridized carbons (Fsp3) is 0.500. The quantitative estimate of drug-likeness (QED) is 0.0234. The molecule has 0 aliphatic carbocycles. The van der Waals surface area contributed by atoms with Gasteiger partial charge in [0.05, 0.1) is 45.1 Å². The predicted octanol–water partition coefficient (Wildman–Crippen LogP) is -10.4. The van der Waals surface area contributed by atoms with E-state index in [9.17, 15) is 112 Å². The second-order valence-corrected chi connectivity index (χ2v) is 26.1. The number of aromatic amines is 1. The molecule has 43 nitrogen and oxygen atoms in total. The highest BCUT2D eigenvalue weighted by atomic mass is 32.1. The van der Waals surface area contributed by atoms with Crippen LogP contribution in [0.3, 0.4) is 0 Å². The molecule has 3 heterocycles. The Bertz CT molecular complexity index is 3940. The van der Waals surface area contributed by atoms with Gasteiger partial charge in [-0.25, -0.2) is 0 Å². The van der Waals surface area contributed by atoms with Gasteiger partial charge in [-0.2, -0.15) is 12.6 Å². The number of phenols is 1. The molecule has 110 heavy (non-hydrogen) atoms. The number of likely N-dealkylation sites (tertiary alicyclic amines) is 2. The number of aromatic hydroxyl groups is 1. The highest BCUT2D eigenvalue weighted by Crippen LogP contribution is 2.23. The van der Waals surface area contributed by atoms with Crippen LogP contribution in [0.2, 0.25) is 0 Å². The van der Waals surface area contributed by atoms with Gasteiger partial charge >= 0.3 is 11.9 Å². The van der Waals surface area contributed by atoms with Gasteiger partial charge in [-0.15, -0.1) is 0 Å². The number of H-pyrrole nitrogens is 1. The minimum absolute atomic E-state index is 0.00373. The molecule has 1 aromatic heterocycles. The summed E-state index contributed by atoms with van der Waals surface area (Å²) in [6.07, 6.45) is -4.95. The summed E-state index contributed by atoms with van der Waals surface area (Å²) in [4.78, 5) is 258. The molecule has 26 N–H and O–H groups in total. The topological polar surface area (TPSA) is 696 Å². The first-order valence-electron chi connectivity index (χ1n) is 34.3. The summed E-state index contributed by atoms with van der Waals surface area (Å²) in [5.74, 6) is -22.5. The van der Waals surface area contributed by atoms with Crippen LogP contribution >= 0.6 is 12.6 Å². The molecule has 2 saturated heterocycles. The average molecular weight is 1570 g/mol. The van der Waals surface area contributed by atoms with E-state index in [-0.39, 0.29) is 44.5 Å². The molecule has 0 unspecified atom stereocenters. The van der Waals surface area contributed by atoms with Crippen LogP contribution in [-0.2, 0) is 104 Å². The lowest BCUT2D eigenvalue weighted by atomic mass is 10.0. The van der Waals surface area contributed by atoms with Crippen LogP contribution in [-0.4, -0.2) is 276 Å². The summed E-state index contributed by atoms with van der Waals surface area (Å²) in [5.41, 5.74) is 22.8. The van der Waals surface area contributed by atoms with E-state index in [1.54, 1.807) is 24.3 Å². The molecule has 0 spiro atoms. The number of aliphatic hydroxyl groups excluding tert-OH is 2. The van der Waals surface area contributed by atoms with Crippen molar-refractivity contribution in [2.45, 2.75) is 163 Å². The Hall–Kier alpha value is -12.1. The number of nitrogens with two attached hydrogens (primary N) is 4. The number of phenolic OH excluding ortho intramolecular Hbond substituents is 1. The molecule has 600 valence electrons. The van der Waals surface area contributed by atoms with Gasteiger partial charge in [0.1, 0.15) is 84.8 Å². The number of aromatic nitrogens is 1. The smallest absolute Gasteiger partial charge is 0.322 e. The second-order valence-electron chi connectivity index (χ2n) is 25.7. The molecule has 3 aromatic rings. The third-order valence-electron chi connectivity index (χ3n) is 17.3. The molecule has 2 fully saturated rings. The number of hydrogen-bond acceptors (Lipinski definition) is 24. The molecule has 2 aromatic carbocycles. The van der Waals surface area contributed by atoms with E-state index < -0.39 is 268 Å². The third-order valence-corrected chi connectivity index (χ3v) is 17.7. The highest BCUT2D eigenvalue weighted by molar-refractivity contribution is 7.80. The number of primary amides is 3. The largest absolute Gasteiger partial charge is 0.508 e. The van der Waals surface area contributed by atoms with E-state index in [1.807, 2.05) is 0 Å². The molecular formula is C66H91N19O24S. The van der Waals surface area contributed by atoms with Gasteiger partial charge in [0.25, 0.3) is 0 Å². The van der Waals surface area contributed by atoms with Crippen LogP contribution in [0.4, 0.5) is 0 Å². The number of hydrogen-bond donors (Lipinski definition) is 23. The van der Waals surface area contributed by atoms with E-state index in [4.69, 9.17) is 28.0 Å². The van der Waals surface area contributed by atoms with Crippen molar-refractivity contribution < 1.29 is 117 Å². The van der Waals surface area contributed by atoms with Gasteiger partial charge in [-0.1, -0.05) is 30.3 Å². The average Bonchev–Trinajstić information content (AvgIpc) is 1.66. The van der Waals surface area contributed by atoms with E-state index in [0.717, 1.165) is 23.6 Å². The number of nitrogens with zero attached hydrogens (tertiary/aromatic N) is 2. The lowest BCUT2D eigenvalue weighted by Crippen LogP contribution is -2.62. The van der Waals surface area contributed by atoms with Crippen molar-refractivity contribution in [2.24, 2.45) is 22.9 Å². The van der Waals surface area contributed by atoms with Crippen LogP contribution in [0.1, 0.15) is 82.8 Å². The van der Waals surface area contributed by atoms with Crippen molar-refractivity contribution in [1.82, 2.24) is 78.6 Å². The zero-order valence-electron chi connectivity index (χ0n) is 59.6. The van der Waals surface area contributed by atoms with Gasteiger partial charge in [-0.05, 0) is 75.3 Å². The van der Waals surface area contributed by atoms with Crippen molar-refractivity contribution >= 4 is 136 Å². The third kappa shape index (κ3) is 27.0. The van der Waals surface area contributed by atoms with Crippen LogP contribution in [0.15, 0.2) is 54.7 Å². The van der Waals surface area contributed by atoms with Crippen LogP contribution in [0.25, 0.3) is 10.9 Å². The minimum atomic E-state index is -2.06. The normalized spacial score (nSPS) is 16.8. The number of carbonyl (C=O) groups is 19. The Morgan fingerprint density at radius 2 is 1.04 bits per heavy atom. The van der Waals surface area contributed by atoms with Gasteiger partial charge in [-0.3, -0.25) is 91.1 Å². The maximum absolute atomic E-state index is 14.7. The second kappa shape index (κ2) is 42.5. The molecule has 44 heteroatoms. The number of amides is 17. The molecule has 5 rings (SSSR count). The molecule has 0 bridgehead atoms. The van der Waals surface area contributed by atoms with Crippen LogP contribution < -0.4 is 86.7 Å². The number of rotatable bonds is 43. The fourth-order valence-corrected chi connectivity index (χ4v) is 11.9. The SMILES string of the molecule is C[C@H](NC(=O)[C@H](CCC(=O)O)NC(=O)[C@H](CC(N)=O)NC(=O)[C@H](Cc1c[nH]c2ccccc12)NC(=O)[C@H](CS)NC(=O)[C@H](Cc1ccc(O)cc1)NC(=O)[C@@H](NC(=O)[C@@H]1CCCN1C(=O)CNC(=O)[C@H](CO)NC(=O)CN)[C@@H](C)O)C(=O)N[C@@H](CC(N)=O)C(=O)N[C@@H](CC(N)=O)C(=O)N1CCC[C@H]1C(=O)NCC(=O)O.